The van der Waals surface area contributed by atoms with Crippen molar-refractivity contribution in [3.63, 3.8) is 0 Å². The predicted molar refractivity (Wildman–Crippen MR) is 97.6 cm³/mol. The largest absolute Gasteiger partial charge is 0.482 e. The van der Waals surface area contributed by atoms with E-state index in [1.54, 1.807) is 36.4 Å². The number of benzene rings is 2. The molecule has 132 valence electrons. The molecule has 0 radical (unpaired) electrons. The minimum absolute atomic E-state index is 0.245. The molecule has 0 fully saturated rings. The van der Waals surface area contributed by atoms with E-state index < -0.39 is 11.9 Å². The minimum Gasteiger partial charge on any atom is -0.482 e. The third-order valence-corrected chi connectivity index (χ3v) is 3.62. The number of rotatable bonds is 7. The van der Waals surface area contributed by atoms with E-state index in [0.717, 1.165) is 6.42 Å². The number of nitrogens with one attached hydrogen (secondary N) is 1. The summed E-state index contributed by atoms with van der Waals surface area (Å²) in [6, 6.07) is 11.2. The quantitative estimate of drug-likeness (QED) is 0.712. The highest BCUT2D eigenvalue weighted by atomic mass is 35.5. The van der Waals surface area contributed by atoms with Crippen LogP contribution in [0.1, 0.15) is 23.7 Å². The van der Waals surface area contributed by atoms with E-state index in [1.807, 2.05) is 6.92 Å². The Balaban J connectivity index is 1.94. The van der Waals surface area contributed by atoms with Crippen LogP contribution in [-0.4, -0.2) is 25.1 Å². The first-order valence-corrected chi connectivity index (χ1v) is 8.40. The summed E-state index contributed by atoms with van der Waals surface area (Å²) >= 11 is 11.8. The SMILES string of the molecule is CCCOC(=O)c1cccc(NC(=O)COc2cc(Cl)ccc2Cl)c1. The van der Waals surface area contributed by atoms with Crippen molar-refractivity contribution in [1.82, 2.24) is 0 Å². The Morgan fingerprint density at radius 1 is 1.12 bits per heavy atom. The normalized spacial score (nSPS) is 10.2. The summed E-state index contributed by atoms with van der Waals surface area (Å²) in [5.74, 6) is -0.503. The van der Waals surface area contributed by atoms with Gasteiger partial charge in [-0.1, -0.05) is 36.2 Å². The Bertz CT molecular complexity index is 764. The molecule has 0 aliphatic carbocycles. The zero-order valence-electron chi connectivity index (χ0n) is 13.6. The molecule has 2 aromatic carbocycles. The fourth-order valence-electron chi connectivity index (χ4n) is 1.93. The molecule has 7 heteroatoms. The maximum Gasteiger partial charge on any atom is 0.338 e. The number of carbonyl (C=O) groups is 2. The summed E-state index contributed by atoms with van der Waals surface area (Å²) in [6.07, 6.45) is 0.742. The van der Waals surface area contributed by atoms with E-state index in [-0.39, 0.29) is 6.61 Å². The summed E-state index contributed by atoms with van der Waals surface area (Å²) in [7, 11) is 0. The molecule has 1 N–H and O–H groups in total. The zero-order valence-corrected chi connectivity index (χ0v) is 15.1. The van der Waals surface area contributed by atoms with Crippen LogP contribution in [0.2, 0.25) is 10.0 Å². The maximum atomic E-state index is 12.0. The fourth-order valence-corrected chi connectivity index (χ4v) is 2.26. The van der Waals surface area contributed by atoms with Crippen molar-refractivity contribution in [2.24, 2.45) is 0 Å². The van der Waals surface area contributed by atoms with Gasteiger partial charge in [0.15, 0.2) is 6.61 Å². The third kappa shape index (κ3) is 5.96. The summed E-state index contributed by atoms with van der Waals surface area (Å²) in [6.45, 7) is 2.02. The topological polar surface area (TPSA) is 64.6 Å². The van der Waals surface area contributed by atoms with Crippen LogP contribution in [-0.2, 0) is 9.53 Å². The van der Waals surface area contributed by atoms with E-state index in [0.29, 0.717) is 33.7 Å². The molecule has 0 heterocycles. The lowest BCUT2D eigenvalue weighted by atomic mass is 10.2. The first-order valence-electron chi connectivity index (χ1n) is 7.64. The van der Waals surface area contributed by atoms with Crippen LogP contribution in [0.3, 0.4) is 0 Å². The first kappa shape index (κ1) is 19.1. The molecule has 0 aliphatic heterocycles. The van der Waals surface area contributed by atoms with Crippen molar-refractivity contribution in [1.29, 1.82) is 0 Å². The van der Waals surface area contributed by atoms with Crippen molar-refractivity contribution < 1.29 is 19.1 Å². The van der Waals surface area contributed by atoms with Crippen LogP contribution in [0.15, 0.2) is 42.5 Å². The second-order valence-corrected chi connectivity index (χ2v) is 5.97. The first-order chi connectivity index (χ1) is 12.0. The molecule has 2 aromatic rings. The molecule has 0 saturated carbocycles. The van der Waals surface area contributed by atoms with Gasteiger partial charge in [-0.2, -0.15) is 0 Å². The van der Waals surface area contributed by atoms with Crippen LogP contribution >= 0.6 is 23.2 Å². The standard InChI is InChI=1S/C18H17Cl2NO4/c1-2-8-24-18(23)12-4-3-5-14(9-12)21-17(22)11-25-16-10-13(19)6-7-15(16)20/h3-7,9-10H,2,8,11H2,1H3,(H,21,22). The molecular formula is C18H17Cl2NO4. The van der Waals surface area contributed by atoms with Gasteiger partial charge in [-0.3, -0.25) is 4.79 Å². The predicted octanol–water partition coefficient (Wildman–Crippen LogP) is 4.58. The van der Waals surface area contributed by atoms with Crippen molar-refractivity contribution in [3.05, 3.63) is 58.1 Å². The average Bonchev–Trinajstić information content (AvgIpc) is 2.60. The van der Waals surface area contributed by atoms with Gasteiger partial charge in [0.2, 0.25) is 0 Å². The summed E-state index contributed by atoms with van der Waals surface area (Å²) < 4.78 is 10.4. The molecule has 0 aliphatic rings. The maximum absolute atomic E-state index is 12.0. The number of hydrogen-bond acceptors (Lipinski definition) is 4. The molecular weight excluding hydrogens is 365 g/mol. The van der Waals surface area contributed by atoms with Crippen molar-refractivity contribution in [2.75, 3.05) is 18.5 Å². The van der Waals surface area contributed by atoms with Crippen molar-refractivity contribution in [2.45, 2.75) is 13.3 Å². The van der Waals surface area contributed by atoms with E-state index in [4.69, 9.17) is 32.7 Å². The van der Waals surface area contributed by atoms with Gasteiger partial charge in [0.25, 0.3) is 5.91 Å². The smallest absolute Gasteiger partial charge is 0.338 e. The van der Waals surface area contributed by atoms with Crippen molar-refractivity contribution in [3.8, 4) is 5.75 Å². The van der Waals surface area contributed by atoms with Gasteiger partial charge in [-0.05, 0) is 36.8 Å². The molecule has 0 aromatic heterocycles. The minimum atomic E-state index is -0.431. The van der Waals surface area contributed by atoms with Crippen LogP contribution in [0, 0.1) is 0 Å². The van der Waals surface area contributed by atoms with Crippen LogP contribution < -0.4 is 10.1 Å². The van der Waals surface area contributed by atoms with Gasteiger partial charge >= 0.3 is 5.97 Å². The average molecular weight is 382 g/mol. The number of hydrogen-bond donors (Lipinski definition) is 1. The molecule has 2 rings (SSSR count). The highest BCUT2D eigenvalue weighted by Gasteiger charge is 2.10. The summed E-state index contributed by atoms with van der Waals surface area (Å²) in [5.41, 5.74) is 0.835. The summed E-state index contributed by atoms with van der Waals surface area (Å²) in [5, 5.41) is 3.47. The Morgan fingerprint density at radius 2 is 1.92 bits per heavy atom. The Hall–Kier alpha value is -2.24. The molecule has 0 unspecified atom stereocenters. The number of carbonyl (C=O) groups excluding carboxylic acids is 2. The zero-order chi connectivity index (χ0) is 18.2. The van der Waals surface area contributed by atoms with Gasteiger partial charge in [-0.15, -0.1) is 0 Å². The van der Waals surface area contributed by atoms with Crippen LogP contribution in [0.5, 0.6) is 5.75 Å². The molecule has 25 heavy (non-hydrogen) atoms. The Labute approximate surface area is 155 Å². The van der Waals surface area contributed by atoms with Gasteiger partial charge in [0.1, 0.15) is 5.75 Å². The molecule has 0 spiro atoms. The number of esters is 1. The van der Waals surface area contributed by atoms with E-state index in [9.17, 15) is 9.59 Å². The molecule has 5 nitrogen and oxygen atoms in total. The van der Waals surface area contributed by atoms with Crippen LogP contribution in [0.4, 0.5) is 5.69 Å². The number of ether oxygens (including phenoxy) is 2. The Morgan fingerprint density at radius 3 is 2.68 bits per heavy atom. The van der Waals surface area contributed by atoms with Crippen molar-refractivity contribution >= 4 is 40.8 Å². The van der Waals surface area contributed by atoms with Crippen LogP contribution in [0.25, 0.3) is 0 Å². The fraction of sp³-hybridized carbons (Fsp3) is 0.222. The molecule has 1 amide bonds. The third-order valence-electron chi connectivity index (χ3n) is 3.07. The second kappa shape index (κ2) is 9.30. The molecule has 0 bridgehead atoms. The van der Waals surface area contributed by atoms with E-state index >= 15 is 0 Å². The van der Waals surface area contributed by atoms with Gasteiger partial charge < -0.3 is 14.8 Å². The van der Waals surface area contributed by atoms with Gasteiger partial charge in [-0.25, -0.2) is 4.79 Å². The highest BCUT2D eigenvalue weighted by molar-refractivity contribution is 6.34. The lowest BCUT2D eigenvalue weighted by molar-refractivity contribution is -0.118. The number of anilines is 1. The van der Waals surface area contributed by atoms with E-state index in [1.165, 1.54) is 6.07 Å². The van der Waals surface area contributed by atoms with Gasteiger partial charge in [0, 0.05) is 16.8 Å². The Kier molecular flexibility index (Phi) is 7.10. The number of amides is 1. The summed E-state index contributed by atoms with van der Waals surface area (Å²) in [4.78, 5) is 23.8. The second-order valence-electron chi connectivity index (χ2n) is 5.13. The molecule has 0 saturated heterocycles. The van der Waals surface area contributed by atoms with E-state index in [2.05, 4.69) is 5.32 Å². The molecule has 0 atom stereocenters. The lowest BCUT2D eigenvalue weighted by Gasteiger charge is -2.10. The number of halogens is 2. The monoisotopic (exact) mass is 381 g/mol. The lowest BCUT2D eigenvalue weighted by Crippen LogP contribution is -2.20. The highest BCUT2D eigenvalue weighted by Crippen LogP contribution is 2.27. The van der Waals surface area contributed by atoms with Gasteiger partial charge in [0.05, 0.1) is 17.2 Å².